The van der Waals surface area contributed by atoms with Crippen molar-refractivity contribution in [3.05, 3.63) is 23.8 Å². The zero-order valence-corrected chi connectivity index (χ0v) is 16.1. The number of likely N-dealkylation sites (N-methyl/N-ethyl adjacent to an activating group) is 1. The highest BCUT2D eigenvalue weighted by Crippen LogP contribution is 2.32. The Labute approximate surface area is 157 Å². The van der Waals surface area contributed by atoms with Crippen molar-refractivity contribution in [1.29, 1.82) is 0 Å². The standard InChI is InChI=1S/C20H32N4O2/c1-3-21-20(23-12-13-24(2)17-6-4-5-7-17)22-11-10-16-8-9-18-19(14-16)26-15-25-18/h8-9,14,17H,3-7,10-13,15H2,1-2H3,(H2,21,22,23). The van der Waals surface area contributed by atoms with Gasteiger partial charge in [0, 0.05) is 25.7 Å². The molecular weight excluding hydrogens is 328 g/mol. The molecule has 0 saturated heterocycles. The number of nitrogens with one attached hydrogen (secondary N) is 2. The number of fused-ring (bicyclic) bond motifs is 1. The van der Waals surface area contributed by atoms with Crippen molar-refractivity contribution in [2.75, 3.05) is 40.0 Å². The van der Waals surface area contributed by atoms with E-state index in [1.807, 2.05) is 6.07 Å². The predicted octanol–water partition coefficient (Wildman–Crippen LogP) is 2.39. The Morgan fingerprint density at radius 2 is 2.00 bits per heavy atom. The van der Waals surface area contributed by atoms with Crippen molar-refractivity contribution in [3.63, 3.8) is 0 Å². The van der Waals surface area contributed by atoms with E-state index in [-0.39, 0.29) is 0 Å². The predicted molar refractivity (Wildman–Crippen MR) is 105 cm³/mol. The lowest BCUT2D eigenvalue weighted by molar-refractivity contribution is 0.174. The summed E-state index contributed by atoms with van der Waals surface area (Å²) in [7, 11) is 2.23. The van der Waals surface area contributed by atoms with E-state index in [4.69, 9.17) is 14.5 Å². The average molecular weight is 361 g/mol. The molecule has 0 spiro atoms. The van der Waals surface area contributed by atoms with Gasteiger partial charge in [-0.15, -0.1) is 0 Å². The van der Waals surface area contributed by atoms with Gasteiger partial charge < -0.3 is 25.0 Å². The monoisotopic (exact) mass is 360 g/mol. The van der Waals surface area contributed by atoms with Crippen LogP contribution < -0.4 is 20.1 Å². The lowest BCUT2D eigenvalue weighted by Gasteiger charge is -2.23. The summed E-state index contributed by atoms with van der Waals surface area (Å²) in [5, 5.41) is 6.76. The molecule has 6 heteroatoms. The molecule has 0 radical (unpaired) electrons. The van der Waals surface area contributed by atoms with E-state index in [9.17, 15) is 0 Å². The lowest BCUT2D eigenvalue weighted by atomic mass is 10.1. The summed E-state index contributed by atoms with van der Waals surface area (Å²) in [6.07, 6.45) is 6.36. The van der Waals surface area contributed by atoms with Crippen LogP contribution in [-0.4, -0.2) is 56.9 Å². The summed E-state index contributed by atoms with van der Waals surface area (Å²) in [5.41, 5.74) is 1.23. The first-order chi connectivity index (χ1) is 12.8. The quantitative estimate of drug-likeness (QED) is 0.551. The summed E-state index contributed by atoms with van der Waals surface area (Å²) in [5.74, 6) is 2.58. The summed E-state index contributed by atoms with van der Waals surface area (Å²) in [4.78, 5) is 7.19. The van der Waals surface area contributed by atoms with Crippen LogP contribution in [-0.2, 0) is 6.42 Å². The van der Waals surface area contributed by atoms with Gasteiger partial charge >= 0.3 is 0 Å². The SMILES string of the molecule is CCNC(=NCCN(C)C1CCCC1)NCCc1ccc2c(c1)OCO2. The zero-order valence-electron chi connectivity index (χ0n) is 16.1. The van der Waals surface area contributed by atoms with Gasteiger partial charge in [0.2, 0.25) is 6.79 Å². The normalized spacial score (nSPS) is 17.1. The van der Waals surface area contributed by atoms with Crippen molar-refractivity contribution < 1.29 is 9.47 Å². The Hall–Kier alpha value is -1.95. The van der Waals surface area contributed by atoms with E-state index in [1.54, 1.807) is 0 Å². The van der Waals surface area contributed by atoms with Gasteiger partial charge in [-0.2, -0.15) is 0 Å². The molecule has 2 aliphatic rings. The molecule has 0 atom stereocenters. The third-order valence-corrected chi connectivity index (χ3v) is 5.16. The van der Waals surface area contributed by atoms with Gasteiger partial charge in [0.25, 0.3) is 0 Å². The second-order valence-corrected chi connectivity index (χ2v) is 7.04. The molecule has 26 heavy (non-hydrogen) atoms. The van der Waals surface area contributed by atoms with Crippen LogP contribution in [0.3, 0.4) is 0 Å². The van der Waals surface area contributed by atoms with Crippen LogP contribution >= 0.6 is 0 Å². The molecule has 1 aliphatic carbocycles. The third-order valence-electron chi connectivity index (χ3n) is 5.16. The lowest BCUT2D eigenvalue weighted by Crippen LogP contribution is -2.39. The molecule has 2 N–H and O–H groups in total. The van der Waals surface area contributed by atoms with E-state index < -0.39 is 0 Å². The third kappa shape index (κ3) is 5.27. The molecule has 1 aromatic carbocycles. The van der Waals surface area contributed by atoms with Crippen molar-refractivity contribution in [1.82, 2.24) is 15.5 Å². The minimum atomic E-state index is 0.323. The van der Waals surface area contributed by atoms with E-state index in [2.05, 4.69) is 41.6 Å². The highest BCUT2D eigenvalue weighted by atomic mass is 16.7. The van der Waals surface area contributed by atoms with Crippen molar-refractivity contribution in [2.45, 2.75) is 45.1 Å². The maximum atomic E-state index is 5.44. The van der Waals surface area contributed by atoms with Crippen LogP contribution in [0.25, 0.3) is 0 Å². The number of aliphatic imine (C=N–C) groups is 1. The highest BCUT2D eigenvalue weighted by Gasteiger charge is 2.18. The maximum absolute atomic E-state index is 5.44. The second-order valence-electron chi connectivity index (χ2n) is 7.04. The van der Waals surface area contributed by atoms with E-state index in [0.717, 1.165) is 56.1 Å². The van der Waals surface area contributed by atoms with Crippen molar-refractivity contribution in [3.8, 4) is 11.5 Å². The van der Waals surface area contributed by atoms with Crippen LogP contribution in [0.5, 0.6) is 11.5 Å². The smallest absolute Gasteiger partial charge is 0.231 e. The molecule has 1 aromatic rings. The van der Waals surface area contributed by atoms with Gasteiger partial charge in [-0.3, -0.25) is 4.99 Å². The average Bonchev–Trinajstić information content (AvgIpc) is 3.33. The van der Waals surface area contributed by atoms with E-state index in [1.165, 1.54) is 31.2 Å². The Kier molecular flexibility index (Phi) is 7.00. The summed E-state index contributed by atoms with van der Waals surface area (Å²) in [6, 6.07) is 6.89. The van der Waals surface area contributed by atoms with Crippen molar-refractivity contribution >= 4 is 5.96 Å². The summed E-state index contributed by atoms with van der Waals surface area (Å²) in [6.45, 7) is 5.97. The first kappa shape index (κ1) is 18.8. The Morgan fingerprint density at radius 3 is 2.81 bits per heavy atom. The maximum Gasteiger partial charge on any atom is 0.231 e. The van der Waals surface area contributed by atoms with Gasteiger partial charge in [0.15, 0.2) is 17.5 Å². The van der Waals surface area contributed by atoms with Crippen LogP contribution in [0.4, 0.5) is 0 Å². The highest BCUT2D eigenvalue weighted by molar-refractivity contribution is 5.79. The number of hydrogen-bond donors (Lipinski definition) is 2. The fraction of sp³-hybridized carbons (Fsp3) is 0.650. The zero-order chi connectivity index (χ0) is 18.2. The Balaban J connectivity index is 1.42. The molecule has 0 bridgehead atoms. The van der Waals surface area contributed by atoms with E-state index >= 15 is 0 Å². The topological polar surface area (TPSA) is 58.1 Å². The molecule has 1 fully saturated rings. The fourth-order valence-electron chi connectivity index (χ4n) is 3.61. The number of rotatable bonds is 8. The van der Waals surface area contributed by atoms with Crippen LogP contribution in [0, 0.1) is 0 Å². The van der Waals surface area contributed by atoms with Gasteiger partial charge in [0.05, 0.1) is 6.54 Å². The first-order valence-electron chi connectivity index (χ1n) is 9.87. The van der Waals surface area contributed by atoms with Crippen molar-refractivity contribution in [2.24, 2.45) is 4.99 Å². The summed E-state index contributed by atoms with van der Waals surface area (Å²) >= 11 is 0. The number of guanidine groups is 1. The molecular formula is C20H32N4O2. The molecule has 6 nitrogen and oxygen atoms in total. The fourth-order valence-corrected chi connectivity index (χ4v) is 3.61. The molecule has 1 saturated carbocycles. The largest absolute Gasteiger partial charge is 0.454 e. The molecule has 0 unspecified atom stereocenters. The molecule has 0 aromatic heterocycles. The first-order valence-corrected chi connectivity index (χ1v) is 9.87. The number of benzene rings is 1. The summed E-state index contributed by atoms with van der Waals surface area (Å²) < 4.78 is 10.8. The molecule has 0 amide bonds. The molecule has 1 aliphatic heterocycles. The number of nitrogens with zero attached hydrogens (tertiary/aromatic N) is 2. The minimum Gasteiger partial charge on any atom is -0.454 e. The number of hydrogen-bond acceptors (Lipinski definition) is 4. The van der Waals surface area contributed by atoms with Gasteiger partial charge in [0.1, 0.15) is 0 Å². The van der Waals surface area contributed by atoms with Crippen LogP contribution in [0.1, 0.15) is 38.2 Å². The Morgan fingerprint density at radius 1 is 1.19 bits per heavy atom. The molecule has 144 valence electrons. The Bertz CT molecular complexity index is 599. The van der Waals surface area contributed by atoms with Gasteiger partial charge in [-0.05, 0) is 50.9 Å². The molecule has 3 rings (SSSR count). The van der Waals surface area contributed by atoms with Gasteiger partial charge in [-0.1, -0.05) is 18.9 Å². The van der Waals surface area contributed by atoms with Gasteiger partial charge in [-0.25, -0.2) is 0 Å². The second kappa shape index (κ2) is 9.67. The molecule has 1 heterocycles. The number of ether oxygens (including phenoxy) is 2. The minimum absolute atomic E-state index is 0.323. The van der Waals surface area contributed by atoms with Crippen LogP contribution in [0.2, 0.25) is 0 Å². The van der Waals surface area contributed by atoms with E-state index in [0.29, 0.717) is 6.79 Å². The van der Waals surface area contributed by atoms with Crippen LogP contribution in [0.15, 0.2) is 23.2 Å².